The first-order valence-electron chi connectivity index (χ1n) is 6.70. The molecule has 0 saturated carbocycles. The molecular formula is C15H24N2. The summed E-state index contributed by atoms with van der Waals surface area (Å²) in [5.74, 6) is 0. The molecule has 1 aromatic rings. The van der Waals surface area contributed by atoms with Crippen LogP contribution in [-0.2, 0) is 12.8 Å². The summed E-state index contributed by atoms with van der Waals surface area (Å²) < 4.78 is 0. The third-order valence-corrected chi connectivity index (χ3v) is 4.19. The van der Waals surface area contributed by atoms with Crippen molar-refractivity contribution in [3.8, 4) is 0 Å². The van der Waals surface area contributed by atoms with Crippen molar-refractivity contribution in [2.75, 3.05) is 20.1 Å². The zero-order chi connectivity index (χ0) is 12.3. The Kier molecular flexibility index (Phi) is 3.85. The zero-order valence-corrected chi connectivity index (χ0v) is 11.1. The Hall–Kier alpha value is -0.860. The van der Waals surface area contributed by atoms with E-state index in [1.54, 1.807) is 0 Å². The third-order valence-electron chi connectivity index (χ3n) is 4.19. The largest absolute Gasteiger partial charge is 0.329 e. The highest BCUT2D eigenvalue weighted by molar-refractivity contribution is 5.36. The molecule has 0 aliphatic heterocycles. The number of benzene rings is 1. The Morgan fingerprint density at radius 2 is 1.82 bits per heavy atom. The summed E-state index contributed by atoms with van der Waals surface area (Å²) in [4.78, 5) is 2.48. The van der Waals surface area contributed by atoms with Crippen LogP contribution < -0.4 is 5.73 Å². The summed E-state index contributed by atoms with van der Waals surface area (Å²) in [5.41, 5.74) is 9.22. The van der Waals surface area contributed by atoms with Crippen LogP contribution in [0, 0.1) is 0 Å². The van der Waals surface area contributed by atoms with E-state index in [2.05, 4.69) is 43.1 Å². The van der Waals surface area contributed by atoms with Crippen LogP contribution in [-0.4, -0.2) is 30.6 Å². The highest BCUT2D eigenvalue weighted by Gasteiger charge is 2.38. The Morgan fingerprint density at radius 1 is 1.24 bits per heavy atom. The second-order valence-electron chi connectivity index (χ2n) is 5.33. The molecule has 2 nitrogen and oxygen atoms in total. The van der Waals surface area contributed by atoms with E-state index >= 15 is 0 Å². The van der Waals surface area contributed by atoms with Gasteiger partial charge in [-0.2, -0.15) is 0 Å². The molecule has 1 aromatic carbocycles. The standard InChI is InChI=1S/C15H24N2/c1-3-4-9-17(2)15(12-16)10-13-7-5-6-8-14(13)11-15/h5-8H,3-4,9-12,16H2,1-2H3. The molecule has 0 bridgehead atoms. The average Bonchev–Trinajstić information content (AvgIpc) is 2.75. The number of rotatable bonds is 5. The van der Waals surface area contributed by atoms with Crippen molar-refractivity contribution in [1.82, 2.24) is 4.90 Å². The van der Waals surface area contributed by atoms with Crippen molar-refractivity contribution >= 4 is 0 Å². The summed E-state index contributed by atoms with van der Waals surface area (Å²) in [6.07, 6.45) is 4.73. The van der Waals surface area contributed by atoms with Gasteiger partial charge < -0.3 is 5.73 Å². The van der Waals surface area contributed by atoms with Gasteiger partial charge in [-0.3, -0.25) is 4.90 Å². The van der Waals surface area contributed by atoms with Crippen molar-refractivity contribution in [2.24, 2.45) is 5.73 Å². The van der Waals surface area contributed by atoms with E-state index in [0.717, 1.165) is 25.9 Å². The van der Waals surface area contributed by atoms with Crippen LogP contribution in [0.5, 0.6) is 0 Å². The second-order valence-corrected chi connectivity index (χ2v) is 5.33. The number of hydrogen-bond acceptors (Lipinski definition) is 2. The van der Waals surface area contributed by atoms with Crippen LogP contribution in [0.3, 0.4) is 0 Å². The number of unbranched alkanes of at least 4 members (excludes halogenated alkanes) is 1. The molecule has 0 spiro atoms. The Bertz CT molecular complexity index is 348. The van der Waals surface area contributed by atoms with E-state index in [9.17, 15) is 0 Å². The Morgan fingerprint density at radius 3 is 2.29 bits per heavy atom. The predicted octanol–water partition coefficient (Wildman–Crippen LogP) is 2.21. The summed E-state index contributed by atoms with van der Waals surface area (Å²) in [6.45, 7) is 4.15. The molecule has 0 aromatic heterocycles. The normalized spacial score (nSPS) is 17.4. The van der Waals surface area contributed by atoms with Crippen molar-refractivity contribution in [1.29, 1.82) is 0 Å². The lowest BCUT2D eigenvalue weighted by Crippen LogP contribution is -2.53. The lowest BCUT2D eigenvalue weighted by molar-refractivity contribution is 0.134. The first-order valence-corrected chi connectivity index (χ1v) is 6.70. The Labute approximate surface area is 105 Å². The first kappa shape index (κ1) is 12.6. The number of nitrogens with two attached hydrogens (primary N) is 1. The summed E-state index contributed by atoms with van der Waals surface area (Å²) >= 11 is 0. The first-order chi connectivity index (χ1) is 8.22. The van der Waals surface area contributed by atoms with E-state index in [4.69, 9.17) is 5.73 Å². The van der Waals surface area contributed by atoms with Gasteiger partial charge >= 0.3 is 0 Å². The molecule has 94 valence electrons. The number of nitrogens with zero attached hydrogens (tertiary/aromatic N) is 1. The van der Waals surface area contributed by atoms with Gasteiger partial charge in [-0.25, -0.2) is 0 Å². The van der Waals surface area contributed by atoms with Crippen LogP contribution in [0.15, 0.2) is 24.3 Å². The van der Waals surface area contributed by atoms with Gasteiger partial charge in [0.25, 0.3) is 0 Å². The van der Waals surface area contributed by atoms with Crippen molar-refractivity contribution < 1.29 is 0 Å². The monoisotopic (exact) mass is 232 g/mol. The molecule has 0 heterocycles. The molecule has 17 heavy (non-hydrogen) atoms. The topological polar surface area (TPSA) is 29.3 Å². The maximum atomic E-state index is 6.08. The molecule has 1 aliphatic carbocycles. The molecule has 0 fully saturated rings. The van der Waals surface area contributed by atoms with Gasteiger partial charge in [-0.1, -0.05) is 37.6 Å². The second kappa shape index (κ2) is 5.19. The fourth-order valence-electron chi connectivity index (χ4n) is 2.88. The van der Waals surface area contributed by atoms with Crippen LogP contribution in [0.4, 0.5) is 0 Å². The number of likely N-dealkylation sites (N-methyl/N-ethyl adjacent to an activating group) is 1. The molecular weight excluding hydrogens is 208 g/mol. The van der Waals surface area contributed by atoms with E-state index < -0.39 is 0 Å². The lowest BCUT2D eigenvalue weighted by atomic mass is 9.93. The fraction of sp³-hybridized carbons (Fsp3) is 0.600. The minimum absolute atomic E-state index is 0.166. The van der Waals surface area contributed by atoms with Crippen LogP contribution >= 0.6 is 0 Å². The van der Waals surface area contributed by atoms with Gasteiger partial charge in [0.15, 0.2) is 0 Å². The van der Waals surface area contributed by atoms with Crippen molar-refractivity contribution in [3.63, 3.8) is 0 Å². The van der Waals surface area contributed by atoms with Gasteiger partial charge in [0.05, 0.1) is 0 Å². The van der Waals surface area contributed by atoms with Crippen LogP contribution in [0.2, 0.25) is 0 Å². The predicted molar refractivity (Wildman–Crippen MR) is 73.2 cm³/mol. The Balaban J connectivity index is 2.14. The van der Waals surface area contributed by atoms with Crippen LogP contribution in [0.25, 0.3) is 0 Å². The quantitative estimate of drug-likeness (QED) is 0.843. The molecule has 2 rings (SSSR count). The van der Waals surface area contributed by atoms with Crippen molar-refractivity contribution in [3.05, 3.63) is 35.4 Å². The van der Waals surface area contributed by atoms with E-state index in [0.29, 0.717) is 0 Å². The SMILES string of the molecule is CCCCN(C)C1(CN)Cc2ccccc2C1. The van der Waals surface area contributed by atoms with Gasteiger partial charge in [-0.15, -0.1) is 0 Å². The summed E-state index contributed by atoms with van der Waals surface area (Å²) in [7, 11) is 2.23. The maximum Gasteiger partial charge on any atom is 0.0409 e. The molecule has 2 N–H and O–H groups in total. The molecule has 0 saturated heterocycles. The highest BCUT2D eigenvalue weighted by atomic mass is 15.2. The van der Waals surface area contributed by atoms with E-state index in [1.807, 2.05) is 0 Å². The minimum Gasteiger partial charge on any atom is -0.329 e. The number of hydrogen-bond donors (Lipinski definition) is 1. The smallest absolute Gasteiger partial charge is 0.0409 e. The molecule has 2 heteroatoms. The van der Waals surface area contributed by atoms with Gasteiger partial charge in [0, 0.05) is 12.1 Å². The summed E-state index contributed by atoms with van der Waals surface area (Å²) in [5, 5.41) is 0. The molecule has 0 amide bonds. The fourth-order valence-corrected chi connectivity index (χ4v) is 2.88. The minimum atomic E-state index is 0.166. The average molecular weight is 232 g/mol. The lowest BCUT2D eigenvalue weighted by Gasteiger charge is -2.38. The highest BCUT2D eigenvalue weighted by Crippen LogP contribution is 2.33. The van der Waals surface area contributed by atoms with Crippen LogP contribution in [0.1, 0.15) is 30.9 Å². The third kappa shape index (κ3) is 2.38. The van der Waals surface area contributed by atoms with Crippen molar-refractivity contribution in [2.45, 2.75) is 38.1 Å². The van der Waals surface area contributed by atoms with Gasteiger partial charge in [-0.05, 0) is 44.0 Å². The zero-order valence-electron chi connectivity index (χ0n) is 11.1. The van der Waals surface area contributed by atoms with Gasteiger partial charge in [0.1, 0.15) is 0 Å². The maximum absolute atomic E-state index is 6.08. The molecule has 0 unspecified atom stereocenters. The molecule has 0 radical (unpaired) electrons. The molecule has 0 atom stereocenters. The van der Waals surface area contributed by atoms with E-state index in [1.165, 1.54) is 24.0 Å². The molecule has 1 aliphatic rings. The van der Waals surface area contributed by atoms with E-state index in [-0.39, 0.29) is 5.54 Å². The summed E-state index contributed by atoms with van der Waals surface area (Å²) in [6, 6.07) is 8.77. The number of fused-ring (bicyclic) bond motifs is 1. The van der Waals surface area contributed by atoms with Gasteiger partial charge in [0.2, 0.25) is 0 Å².